The van der Waals surface area contributed by atoms with E-state index < -0.39 is 0 Å². The molecular weight excluding hydrogens is 184 g/mol. The van der Waals surface area contributed by atoms with Crippen molar-refractivity contribution < 1.29 is 4.79 Å². The summed E-state index contributed by atoms with van der Waals surface area (Å²) in [5, 5.41) is 19.0. The number of nitrogens with one attached hydrogen (secondary N) is 3. The van der Waals surface area contributed by atoms with Gasteiger partial charge in [-0.2, -0.15) is 5.21 Å². The fourth-order valence-electron chi connectivity index (χ4n) is 1.46. The summed E-state index contributed by atoms with van der Waals surface area (Å²) in [6.07, 6.45) is 1.96. The van der Waals surface area contributed by atoms with Crippen LogP contribution in [0, 0.1) is 0 Å². The second kappa shape index (κ2) is 4.14. The van der Waals surface area contributed by atoms with Crippen molar-refractivity contribution in [3.05, 3.63) is 5.82 Å². The van der Waals surface area contributed by atoms with Gasteiger partial charge in [-0.1, -0.05) is 5.21 Å². The number of H-pyrrole nitrogens is 1. The Labute approximate surface area is 80.6 Å². The monoisotopic (exact) mass is 196 g/mol. The molecule has 1 aromatic heterocycles. The maximum Gasteiger partial charge on any atom is 0.237 e. The average Bonchev–Trinajstić information content (AvgIpc) is 2.87. The second-order valence-electron chi connectivity index (χ2n) is 3.19. The Kier molecular flexibility index (Phi) is 2.68. The molecular formula is C7H12N6O. The largest absolute Gasteiger partial charge is 0.347 e. The Morgan fingerprint density at radius 3 is 3.21 bits per heavy atom. The molecule has 2 heterocycles. The van der Waals surface area contributed by atoms with Crippen LogP contribution in [0.5, 0.6) is 0 Å². The van der Waals surface area contributed by atoms with E-state index in [4.69, 9.17) is 0 Å². The van der Waals surface area contributed by atoms with E-state index in [2.05, 4.69) is 31.3 Å². The molecule has 1 aliphatic rings. The lowest BCUT2D eigenvalue weighted by atomic mass is 10.2. The summed E-state index contributed by atoms with van der Waals surface area (Å²) in [6, 6.07) is -0.0538. The third-order valence-electron chi connectivity index (χ3n) is 2.19. The van der Waals surface area contributed by atoms with Gasteiger partial charge in [-0.3, -0.25) is 4.79 Å². The van der Waals surface area contributed by atoms with Crippen molar-refractivity contribution in [1.82, 2.24) is 31.3 Å². The molecule has 7 heteroatoms. The zero-order valence-corrected chi connectivity index (χ0v) is 7.66. The first kappa shape index (κ1) is 9.07. The number of carbonyl (C=O) groups is 1. The van der Waals surface area contributed by atoms with E-state index in [0.717, 1.165) is 19.4 Å². The minimum absolute atomic E-state index is 0.00676. The van der Waals surface area contributed by atoms with E-state index in [1.165, 1.54) is 0 Å². The Morgan fingerprint density at radius 1 is 1.64 bits per heavy atom. The van der Waals surface area contributed by atoms with Gasteiger partial charge in [0.05, 0.1) is 12.6 Å². The zero-order chi connectivity index (χ0) is 9.80. The molecule has 0 saturated carbocycles. The normalized spacial score (nSPS) is 21.0. The highest BCUT2D eigenvalue weighted by Crippen LogP contribution is 2.04. The van der Waals surface area contributed by atoms with E-state index >= 15 is 0 Å². The van der Waals surface area contributed by atoms with Crippen molar-refractivity contribution >= 4 is 5.91 Å². The molecule has 2 rings (SSSR count). The van der Waals surface area contributed by atoms with Gasteiger partial charge in [0.2, 0.25) is 5.91 Å². The van der Waals surface area contributed by atoms with Gasteiger partial charge >= 0.3 is 0 Å². The first-order valence-corrected chi connectivity index (χ1v) is 4.59. The standard InChI is InChI=1S/C7H12N6O/c14-7(5-2-1-3-8-5)9-4-6-10-12-13-11-6/h5,8H,1-4H2,(H,9,14)(H,10,11,12,13). The van der Waals surface area contributed by atoms with Crippen LogP contribution in [-0.4, -0.2) is 39.1 Å². The maximum absolute atomic E-state index is 11.5. The van der Waals surface area contributed by atoms with Crippen LogP contribution in [0.4, 0.5) is 0 Å². The summed E-state index contributed by atoms with van der Waals surface area (Å²) >= 11 is 0. The first-order chi connectivity index (χ1) is 6.86. The number of hydrogen-bond acceptors (Lipinski definition) is 5. The van der Waals surface area contributed by atoms with Crippen LogP contribution in [0.2, 0.25) is 0 Å². The summed E-state index contributed by atoms with van der Waals surface area (Å²) in [5.41, 5.74) is 0. The van der Waals surface area contributed by atoms with Crippen molar-refractivity contribution in [3.63, 3.8) is 0 Å². The Hall–Kier alpha value is -1.50. The average molecular weight is 196 g/mol. The number of nitrogens with zero attached hydrogens (tertiary/aromatic N) is 3. The molecule has 0 bridgehead atoms. The molecule has 76 valence electrons. The molecule has 1 fully saturated rings. The van der Waals surface area contributed by atoms with Crippen LogP contribution in [0.1, 0.15) is 18.7 Å². The number of carbonyl (C=O) groups excluding carboxylic acids is 1. The van der Waals surface area contributed by atoms with Crippen molar-refractivity contribution in [2.45, 2.75) is 25.4 Å². The molecule has 0 radical (unpaired) electrons. The predicted molar refractivity (Wildman–Crippen MR) is 47.0 cm³/mol. The van der Waals surface area contributed by atoms with Crippen molar-refractivity contribution in [1.29, 1.82) is 0 Å². The lowest BCUT2D eigenvalue weighted by Crippen LogP contribution is -2.40. The topological polar surface area (TPSA) is 95.6 Å². The molecule has 0 aromatic carbocycles. The molecule has 14 heavy (non-hydrogen) atoms. The Bertz CT molecular complexity index is 291. The number of tetrazole rings is 1. The van der Waals surface area contributed by atoms with Gasteiger partial charge in [0.1, 0.15) is 0 Å². The van der Waals surface area contributed by atoms with E-state index in [1.54, 1.807) is 0 Å². The van der Waals surface area contributed by atoms with E-state index in [0.29, 0.717) is 12.4 Å². The summed E-state index contributed by atoms with van der Waals surface area (Å²) in [4.78, 5) is 11.5. The van der Waals surface area contributed by atoms with Gasteiger partial charge in [-0.05, 0) is 19.4 Å². The molecule has 1 amide bonds. The number of hydrogen-bond donors (Lipinski definition) is 3. The molecule has 0 aliphatic carbocycles. The van der Waals surface area contributed by atoms with Crippen molar-refractivity contribution in [3.8, 4) is 0 Å². The predicted octanol–water partition coefficient (Wildman–Crippen LogP) is -1.43. The molecule has 3 N–H and O–H groups in total. The van der Waals surface area contributed by atoms with Gasteiger partial charge in [0.15, 0.2) is 5.82 Å². The van der Waals surface area contributed by atoms with Gasteiger partial charge in [-0.15, -0.1) is 10.2 Å². The summed E-state index contributed by atoms with van der Waals surface area (Å²) in [7, 11) is 0. The third kappa shape index (κ3) is 2.05. The van der Waals surface area contributed by atoms with Gasteiger partial charge in [0, 0.05) is 0 Å². The fourth-order valence-corrected chi connectivity index (χ4v) is 1.46. The third-order valence-corrected chi connectivity index (χ3v) is 2.19. The summed E-state index contributed by atoms with van der Waals surface area (Å²) < 4.78 is 0. The molecule has 1 aliphatic heterocycles. The molecule has 1 atom stereocenters. The zero-order valence-electron chi connectivity index (χ0n) is 7.66. The molecule has 1 saturated heterocycles. The van der Waals surface area contributed by atoms with E-state index in [-0.39, 0.29) is 11.9 Å². The Morgan fingerprint density at radius 2 is 2.57 bits per heavy atom. The second-order valence-corrected chi connectivity index (χ2v) is 3.19. The van der Waals surface area contributed by atoms with E-state index in [1.807, 2.05) is 0 Å². The highest BCUT2D eigenvalue weighted by molar-refractivity contribution is 5.81. The molecule has 1 aromatic rings. The quantitative estimate of drug-likeness (QED) is 0.550. The van der Waals surface area contributed by atoms with Gasteiger partial charge in [-0.25, -0.2) is 0 Å². The van der Waals surface area contributed by atoms with Crippen LogP contribution in [0.25, 0.3) is 0 Å². The molecule has 7 nitrogen and oxygen atoms in total. The minimum Gasteiger partial charge on any atom is -0.347 e. The number of aromatic amines is 1. The lowest BCUT2D eigenvalue weighted by Gasteiger charge is -2.08. The number of rotatable bonds is 3. The van der Waals surface area contributed by atoms with Crippen LogP contribution in [0.15, 0.2) is 0 Å². The van der Waals surface area contributed by atoms with Gasteiger partial charge < -0.3 is 10.6 Å². The van der Waals surface area contributed by atoms with Crippen LogP contribution in [0.3, 0.4) is 0 Å². The molecule has 1 unspecified atom stereocenters. The van der Waals surface area contributed by atoms with Crippen LogP contribution >= 0.6 is 0 Å². The first-order valence-electron chi connectivity index (χ1n) is 4.59. The minimum atomic E-state index is -0.0538. The smallest absolute Gasteiger partial charge is 0.237 e. The van der Waals surface area contributed by atoms with Crippen molar-refractivity contribution in [2.75, 3.05) is 6.54 Å². The van der Waals surface area contributed by atoms with Gasteiger partial charge in [0.25, 0.3) is 0 Å². The van der Waals surface area contributed by atoms with Crippen LogP contribution < -0.4 is 10.6 Å². The van der Waals surface area contributed by atoms with Crippen molar-refractivity contribution in [2.24, 2.45) is 0 Å². The number of aromatic nitrogens is 4. The molecule has 0 spiro atoms. The van der Waals surface area contributed by atoms with E-state index in [9.17, 15) is 4.79 Å². The lowest BCUT2D eigenvalue weighted by molar-refractivity contribution is -0.122. The Balaban J connectivity index is 1.77. The highest BCUT2D eigenvalue weighted by Gasteiger charge is 2.21. The summed E-state index contributed by atoms with van der Waals surface area (Å²) in [5.74, 6) is 0.503. The fraction of sp³-hybridized carbons (Fsp3) is 0.714. The summed E-state index contributed by atoms with van der Waals surface area (Å²) in [6.45, 7) is 1.24. The van der Waals surface area contributed by atoms with Crippen LogP contribution in [-0.2, 0) is 11.3 Å². The number of amides is 1. The SMILES string of the molecule is O=C(NCc1nn[nH]n1)C1CCCN1. The maximum atomic E-state index is 11.5. The highest BCUT2D eigenvalue weighted by atomic mass is 16.2.